The predicted octanol–water partition coefficient (Wildman–Crippen LogP) is 2.78. The highest BCUT2D eigenvalue weighted by atomic mass is 32.2. The zero-order valence-corrected chi connectivity index (χ0v) is 16.3. The monoisotopic (exact) mass is 397 g/mol. The molecule has 0 fully saturated rings. The van der Waals surface area contributed by atoms with Crippen molar-refractivity contribution in [2.45, 2.75) is 19.0 Å². The minimum Gasteiger partial charge on any atom is -0.486 e. The Morgan fingerprint density at radius 3 is 2.79 bits per heavy atom. The summed E-state index contributed by atoms with van der Waals surface area (Å²) in [5.41, 5.74) is 3.73. The maximum atomic E-state index is 12.3. The number of aromatic nitrogens is 4. The minimum atomic E-state index is -0.117. The SMILES string of the molecule is Cc1ccc(NC(=O)CSc2nnnn2-c2ccc3c(c2)OCCO3)c(C)c1. The third-order valence-electron chi connectivity index (χ3n) is 4.20. The first-order valence-corrected chi connectivity index (χ1v) is 9.77. The van der Waals surface area contributed by atoms with Crippen LogP contribution in [0, 0.1) is 13.8 Å². The lowest BCUT2D eigenvalue weighted by Crippen LogP contribution is -2.16. The summed E-state index contributed by atoms with van der Waals surface area (Å²) in [5.74, 6) is 1.43. The molecular formula is C19H19N5O3S. The third-order valence-corrected chi connectivity index (χ3v) is 5.12. The maximum Gasteiger partial charge on any atom is 0.234 e. The summed E-state index contributed by atoms with van der Waals surface area (Å²) in [6.45, 7) is 5.03. The molecule has 8 nitrogen and oxygen atoms in total. The van der Waals surface area contributed by atoms with Crippen LogP contribution in [0.5, 0.6) is 11.5 Å². The molecule has 4 rings (SSSR count). The second kappa shape index (κ2) is 7.89. The number of nitrogens with zero attached hydrogens (tertiary/aromatic N) is 4. The van der Waals surface area contributed by atoms with Crippen LogP contribution in [-0.2, 0) is 4.79 Å². The van der Waals surface area contributed by atoms with Crippen LogP contribution in [0.15, 0.2) is 41.6 Å². The van der Waals surface area contributed by atoms with Crippen LogP contribution < -0.4 is 14.8 Å². The van der Waals surface area contributed by atoms with Gasteiger partial charge in [0.2, 0.25) is 11.1 Å². The Morgan fingerprint density at radius 1 is 1.14 bits per heavy atom. The maximum absolute atomic E-state index is 12.3. The molecule has 1 amide bonds. The molecule has 0 atom stereocenters. The number of amides is 1. The van der Waals surface area contributed by atoms with Crippen molar-refractivity contribution < 1.29 is 14.3 Å². The van der Waals surface area contributed by atoms with Gasteiger partial charge in [-0.05, 0) is 48.0 Å². The van der Waals surface area contributed by atoms with Crippen molar-refractivity contribution in [3.05, 3.63) is 47.5 Å². The fraction of sp³-hybridized carbons (Fsp3) is 0.263. The van der Waals surface area contributed by atoms with Crippen LogP contribution in [0.25, 0.3) is 5.69 Å². The van der Waals surface area contributed by atoms with E-state index in [-0.39, 0.29) is 11.7 Å². The molecule has 144 valence electrons. The lowest BCUT2D eigenvalue weighted by molar-refractivity contribution is -0.113. The van der Waals surface area contributed by atoms with E-state index < -0.39 is 0 Å². The van der Waals surface area contributed by atoms with Gasteiger partial charge in [0, 0.05) is 11.8 Å². The number of aryl methyl sites for hydroxylation is 2. The molecule has 0 unspecified atom stereocenters. The number of carbonyl (C=O) groups is 1. The number of tetrazole rings is 1. The van der Waals surface area contributed by atoms with Crippen molar-refractivity contribution in [2.75, 3.05) is 24.3 Å². The highest BCUT2D eigenvalue weighted by molar-refractivity contribution is 7.99. The second-order valence-corrected chi connectivity index (χ2v) is 7.30. The number of anilines is 1. The van der Waals surface area contributed by atoms with E-state index in [0.717, 1.165) is 22.5 Å². The molecule has 1 N–H and O–H groups in total. The fourth-order valence-corrected chi connectivity index (χ4v) is 3.56. The molecule has 28 heavy (non-hydrogen) atoms. The van der Waals surface area contributed by atoms with Crippen molar-refractivity contribution in [3.63, 3.8) is 0 Å². The van der Waals surface area contributed by atoms with Crippen molar-refractivity contribution in [1.29, 1.82) is 0 Å². The van der Waals surface area contributed by atoms with Gasteiger partial charge in [0.05, 0.1) is 11.4 Å². The first-order valence-electron chi connectivity index (χ1n) is 8.78. The summed E-state index contributed by atoms with van der Waals surface area (Å²) < 4.78 is 12.7. The number of hydrogen-bond acceptors (Lipinski definition) is 7. The average molecular weight is 397 g/mol. The summed E-state index contributed by atoms with van der Waals surface area (Å²) in [7, 11) is 0. The molecule has 2 aromatic carbocycles. The highest BCUT2D eigenvalue weighted by Gasteiger charge is 2.16. The lowest BCUT2D eigenvalue weighted by Gasteiger charge is -2.18. The van der Waals surface area contributed by atoms with E-state index in [1.54, 1.807) is 4.68 Å². The lowest BCUT2D eigenvalue weighted by atomic mass is 10.1. The molecule has 9 heteroatoms. The van der Waals surface area contributed by atoms with Gasteiger partial charge in [-0.15, -0.1) is 5.10 Å². The Bertz CT molecular complexity index is 1020. The number of fused-ring (bicyclic) bond motifs is 1. The largest absolute Gasteiger partial charge is 0.486 e. The van der Waals surface area contributed by atoms with E-state index in [0.29, 0.717) is 29.9 Å². The van der Waals surface area contributed by atoms with E-state index in [2.05, 4.69) is 20.8 Å². The van der Waals surface area contributed by atoms with Gasteiger partial charge in [-0.3, -0.25) is 4.79 Å². The van der Waals surface area contributed by atoms with E-state index >= 15 is 0 Å². The number of carbonyl (C=O) groups excluding carboxylic acids is 1. The molecule has 1 aliphatic rings. The van der Waals surface area contributed by atoms with Crippen molar-refractivity contribution in [3.8, 4) is 17.2 Å². The Labute approximate surface area is 166 Å². The quantitative estimate of drug-likeness (QED) is 0.662. The first kappa shape index (κ1) is 18.3. The number of nitrogens with one attached hydrogen (secondary N) is 1. The van der Waals surface area contributed by atoms with E-state index in [1.807, 2.05) is 50.2 Å². The number of rotatable bonds is 5. The van der Waals surface area contributed by atoms with Gasteiger partial charge < -0.3 is 14.8 Å². The normalized spacial score (nSPS) is 12.6. The molecule has 0 spiro atoms. The number of hydrogen-bond donors (Lipinski definition) is 1. The summed E-state index contributed by atoms with van der Waals surface area (Å²) in [4.78, 5) is 12.3. The van der Waals surface area contributed by atoms with Gasteiger partial charge in [0.15, 0.2) is 11.5 Å². The third kappa shape index (κ3) is 3.94. The van der Waals surface area contributed by atoms with Crippen LogP contribution in [0.1, 0.15) is 11.1 Å². The smallest absolute Gasteiger partial charge is 0.234 e. The van der Waals surface area contributed by atoms with Crippen LogP contribution in [-0.4, -0.2) is 45.1 Å². The number of thioether (sulfide) groups is 1. The molecule has 1 aliphatic heterocycles. The highest BCUT2D eigenvalue weighted by Crippen LogP contribution is 2.32. The summed E-state index contributed by atoms with van der Waals surface area (Å²) >= 11 is 1.27. The van der Waals surface area contributed by atoms with Gasteiger partial charge in [-0.2, -0.15) is 4.68 Å². The van der Waals surface area contributed by atoms with Crippen LogP contribution in [0.3, 0.4) is 0 Å². The number of ether oxygens (including phenoxy) is 2. The molecule has 2 heterocycles. The summed E-state index contributed by atoms with van der Waals surface area (Å²) in [6.07, 6.45) is 0. The molecule has 3 aromatic rings. The number of benzene rings is 2. The summed E-state index contributed by atoms with van der Waals surface area (Å²) in [6, 6.07) is 11.4. The van der Waals surface area contributed by atoms with Gasteiger partial charge in [0.1, 0.15) is 13.2 Å². The first-order chi connectivity index (χ1) is 13.6. The van der Waals surface area contributed by atoms with Crippen molar-refractivity contribution >= 4 is 23.4 Å². The predicted molar refractivity (Wildman–Crippen MR) is 105 cm³/mol. The van der Waals surface area contributed by atoms with E-state index in [1.165, 1.54) is 11.8 Å². The van der Waals surface area contributed by atoms with E-state index in [4.69, 9.17) is 9.47 Å². The topological polar surface area (TPSA) is 91.2 Å². The fourth-order valence-electron chi connectivity index (χ4n) is 2.86. The zero-order valence-electron chi connectivity index (χ0n) is 15.5. The van der Waals surface area contributed by atoms with Gasteiger partial charge in [-0.25, -0.2) is 0 Å². The van der Waals surface area contributed by atoms with Crippen LogP contribution >= 0.6 is 11.8 Å². The van der Waals surface area contributed by atoms with Crippen LogP contribution in [0.2, 0.25) is 0 Å². The second-order valence-electron chi connectivity index (χ2n) is 6.36. The Kier molecular flexibility index (Phi) is 5.16. The molecule has 0 aliphatic carbocycles. The molecular weight excluding hydrogens is 378 g/mol. The van der Waals surface area contributed by atoms with Crippen molar-refractivity contribution in [1.82, 2.24) is 20.2 Å². The molecule has 0 radical (unpaired) electrons. The Balaban J connectivity index is 1.44. The molecule has 0 saturated carbocycles. The molecule has 1 aromatic heterocycles. The van der Waals surface area contributed by atoms with Gasteiger partial charge in [-0.1, -0.05) is 29.5 Å². The van der Waals surface area contributed by atoms with E-state index in [9.17, 15) is 4.79 Å². The standard InChI is InChI=1S/C19H19N5O3S/c1-12-3-5-15(13(2)9-12)20-18(25)11-28-19-21-22-23-24(19)14-4-6-16-17(10-14)27-8-7-26-16/h3-6,9-10H,7-8,11H2,1-2H3,(H,20,25). The minimum absolute atomic E-state index is 0.117. The average Bonchev–Trinajstić information content (AvgIpc) is 3.17. The molecule has 0 bridgehead atoms. The summed E-state index contributed by atoms with van der Waals surface area (Å²) in [5, 5.41) is 15.2. The Morgan fingerprint density at radius 2 is 1.96 bits per heavy atom. The molecule has 0 saturated heterocycles. The van der Waals surface area contributed by atoms with Gasteiger partial charge in [0.25, 0.3) is 0 Å². The zero-order chi connectivity index (χ0) is 19.5. The Hall–Kier alpha value is -3.07. The van der Waals surface area contributed by atoms with Gasteiger partial charge >= 0.3 is 0 Å². The van der Waals surface area contributed by atoms with Crippen molar-refractivity contribution in [2.24, 2.45) is 0 Å². The van der Waals surface area contributed by atoms with Crippen LogP contribution in [0.4, 0.5) is 5.69 Å².